The van der Waals surface area contributed by atoms with Crippen LogP contribution in [0.15, 0.2) is 84.9 Å². The zero-order valence-electron chi connectivity index (χ0n) is 21.2. The topological polar surface area (TPSA) is 104 Å². The zero-order chi connectivity index (χ0) is 28.7. The normalized spacial score (nSPS) is 11.1. The fourth-order valence-electron chi connectivity index (χ4n) is 3.75. The van der Waals surface area contributed by atoms with Crippen molar-refractivity contribution in [2.45, 2.75) is 19.3 Å². The van der Waals surface area contributed by atoms with E-state index >= 15 is 0 Å². The Kier molecular flexibility index (Phi) is 8.97. The first-order valence-electron chi connectivity index (χ1n) is 12.0. The third-order valence-electron chi connectivity index (χ3n) is 5.72. The van der Waals surface area contributed by atoms with Crippen LogP contribution in [0.4, 0.5) is 13.2 Å². The van der Waals surface area contributed by atoms with E-state index in [0.717, 1.165) is 33.8 Å². The summed E-state index contributed by atoms with van der Waals surface area (Å²) in [6, 6.07) is 28.4. The third-order valence-corrected chi connectivity index (χ3v) is 6.86. The molecule has 0 saturated heterocycles. The van der Waals surface area contributed by atoms with Crippen LogP contribution < -0.4 is 5.32 Å². The van der Waals surface area contributed by atoms with Gasteiger partial charge in [0.15, 0.2) is 0 Å². The Hall–Kier alpha value is -4.48. The number of H-pyrrole nitrogens is 1. The van der Waals surface area contributed by atoms with Crippen molar-refractivity contribution < 1.29 is 32.6 Å². The molecule has 0 spiro atoms. The number of ether oxygens (including phenoxy) is 1. The van der Waals surface area contributed by atoms with Gasteiger partial charge in [0.1, 0.15) is 5.82 Å². The summed E-state index contributed by atoms with van der Waals surface area (Å²) < 4.78 is 36.5. The van der Waals surface area contributed by atoms with Crippen LogP contribution >= 0.6 is 11.3 Å². The second kappa shape index (κ2) is 12.6. The van der Waals surface area contributed by atoms with Crippen molar-refractivity contribution in [2.75, 3.05) is 7.11 Å². The summed E-state index contributed by atoms with van der Waals surface area (Å²) in [5.41, 5.74) is 6.05. The Morgan fingerprint density at radius 3 is 2.27 bits per heavy atom. The molecule has 3 aromatic carbocycles. The highest BCUT2D eigenvalue weighted by Crippen LogP contribution is 2.34. The van der Waals surface area contributed by atoms with E-state index in [1.807, 2.05) is 42.5 Å². The summed E-state index contributed by atoms with van der Waals surface area (Å²) in [6.45, 7) is 1.43. The molecule has 0 unspecified atom stereocenters. The third kappa shape index (κ3) is 7.33. The van der Waals surface area contributed by atoms with Gasteiger partial charge in [-0.1, -0.05) is 48.5 Å². The lowest BCUT2D eigenvalue weighted by Gasteiger charge is -2.07. The molecule has 0 saturated carbocycles. The number of hydrogen-bond acceptors (Lipinski definition) is 6. The number of halogens is 3. The average Bonchev–Trinajstić information content (AvgIpc) is 3.61. The van der Waals surface area contributed by atoms with Gasteiger partial charge in [-0.25, -0.2) is 14.6 Å². The molecule has 0 radical (unpaired) electrons. The molecule has 7 nitrogen and oxygen atoms in total. The van der Waals surface area contributed by atoms with Crippen LogP contribution in [0.2, 0.25) is 0 Å². The van der Waals surface area contributed by atoms with E-state index in [0.29, 0.717) is 12.1 Å². The van der Waals surface area contributed by atoms with Gasteiger partial charge in [-0.15, -0.1) is 11.3 Å². The molecule has 2 heterocycles. The van der Waals surface area contributed by atoms with E-state index in [4.69, 9.17) is 19.6 Å². The molecule has 2 aromatic heterocycles. The predicted molar refractivity (Wildman–Crippen MR) is 147 cm³/mol. The Labute approximate surface area is 231 Å². The van der Waals surface area contributed by atoms with Crippen molar-refractivity contribution in [3.63, 3.8) is 0 Å². The van der Waals surface area contributed by atoms with Gasteiger partial charge in [-0.3, -0.25) is 0 Å². The molecule has 0 bridgehead atoms. The van der Waals surface area contributed by atoms with Crippen LogP contribution in [-0.2, 0) is 22.6 Å². The number of alkyl halides is 3. The SMILES string of the molecule is COC(=O)c1cccc(CNCc2ccc(-c3ccc(-c4nc5ccccc5[nH]4)s3)cc2)c1.O=C(O)C(F)(F)F. The Morgan fingerprint density at radius 2 is 1.60 bits per heavy atom. The number of benzene rings is 3. The number of aliphatic carboxylic acids is 1. The highest BCUT2D eigenvalue weighted by Gasteiger charge is 2.38. The minimum absolute atomic E-state index is 0.315. The number of esters is 1. The van der Waals surface area contributed by atoms with Gasteiger partial charge in [0, 0.05) is 18.0 Å². The maximum Gasteiger partial charge on any atom is 0.490 e. The van der Waals surface area contributed by atoms with Gasteiger partial charge in [0.2, 0.25) is 0 Å². The van der Waals surface area contributed by atoms with Crippen molar-refractivity contribution >= 4 is 34.3 Å². The molecule has 3 N–H and O–H groups in total. The molecule has 0 aliphatic heterocycles. The summed E-state index contributed by atoms with van der Waals surface area (Å²) in [5, 5.41) is 10.6. The van der Waals surface area contributed by atoms with Crippen LogP contribution in [0, 0.1) is 0 Å². The van der Waals surface area contributed by atoms with Crippen LogP contribution in [0.25, 0.3) is 32.2 Å². The van der Waals surface area contributed by atoms with Gasteiger partial charge in [0.05, 0.1) is 28.6 Å². The van der Waals surface area contributed by atoms with E-state index in [1.54, 1.807) is 17.4 Å². The maximum absolute atomic E-state index is 11.7. The molecular formula is C29H24F3N3O4S. The van der Waals surface area contributed by atoms with E-state index in [9.17, 15) is 18.0 Å². The van der Waals surface area contributed by atoms with Crippen LogP contribution in [0.1, 0.15) is 21.5 Å². The number of nitrogens with zero attached hydrogens (tertiary/aromatic N) is 1. The van der Waals surface area contributed by atoms with Crippen LogP contribution in [0.5, 0.6) is 0 Å². The van der Waals surface area contributed by atoms with E-state index in [1.165, 1.54) is 23.1 Å². The zero-order valence-corrected chi connectivity index (χ0v) is 22.0. The highest BCUT2D eigenvalue weighted by molar-refractivity contribution is 7.18. The molecule has 40 heavy (non-hydrogen) atoms. The largest absolute Gasteiger partial charge is 0.490 e. The van der Waals surface area contributed by atoms with Crippen molar-refractivity contribution in [3.8, 4) is 21.1 Å². The molecule has 0 aliphatic rings. The molecule has 5 aromatic rings. The van der Waals surface area contributed by atoms with Crippen molar-refractivity contribution in [3.05, 3.63) is 102 Å². The fraction of sp³-hybridized carbons (Fsp3) is 0.138. The average molecular weight is 568 g/mol. The van der Waals surface area contributed by atoms with Crippen LogP contribution in [-0.4, -0.2) is 40.3 Å². The molecular weight excluding hydrogens is 543 g/mol. The lowest BCUT2D eigenvalue weighted by atomic mass is 10.1. The van der Waals surface area contributed by atoms with E-state index < -0.39 is 12.1 Å². The van der Waals surface area contributed by atoms with Gasteiger partial charge < -0.3 is 20.1 Å². The Morgan fingerprint density at radius 1 is 0.925 bits per heavy atom. The molecule has 0 aliphatic carbocycles. The number of hydrogen-bond donors (Lipinski definition) is 3. The molecule has 5 rings (SSSR count). The molecule has 206 valence electrons. The molecule has 0 atom stereocenters. The van der Waals surface area contributed by atoms with Gasteiger partial charge in [-0.2, -0.15) is 13.2 Å². The number of fused-ring (bicyclic) bond motifs is 1. The highest BCUT2D eigenvalue weighted by atomic mass is 32.1. The number of para-hydroxylation sites is 2. The van der Waals surface area contributed by atoms with Crippen molar-refractivity contribution in [1.29, 1.82) is 0 Å². The number of methoxy groups -OCH3 is 1. The van der Waals surface area contributed by atoms with Crippen molar-refractivity contribution in [1.82, 2.24) is 15.3 Å². The first kappa shape index (κ1) is 28.5. The number of aromatic nitrogens is 2. The Bertz CT molecular complexity index is 1580. The minimum atomic E-state index is -5.08. The number of thiophene rings is 1. The van der Waals surface area contributed by atoms with E-state index in [-0.39, 0.29) is 5.97 Å². The second-order valence-electron chi connectivity index (χ2n) is 8.56. The number of carboxylic acid groups (broad SMARTS) is 1. The summed E-state index contributed by atoms with van der Waals surface area (Å²) in [6.07, 6.45) is -5.08. The monoisotopic (exact) mass is 567 g/mol. The summed E-state index contributed by atoms with van der Waals surface area (Å²) in [4.78, 5) is 31.0. The number of aromatic amines is 1. The predicted octanol–water partition coefficient (Wildman–Crippen LogP) is 6.67. The van der Waals surface area contributed by atoms with Crippen LogP contribution in [0.3, 0.4) is 0 Å². The second-order valence-corrected chi connectivity index (χ2v) is 9.65. The summed E-state index contributed by atoms with van der Waals surface area (Å²) in [5.74, 6) is -2.17. The first-order valence-corrected chi connectivity index (χ1v) is 12.8. The smallest absolute Gasteiger partial charge is 0.475 e. The fourth-order valence-corrected chi connectivity index (χ4v) is 4.71. The minimum Gasteiger partial charge on any atom is -0.475 e. The molecule has 0 amide bonds. The number of carbonyl (C=O) groups is 2. The molecule has 0 fully saturated rings. The van der Waals surface area contributed by atoms with Gasteiger partial charge >= 0.3 is 18.1 Å². The standard InChI is InChI=1S/C27H23N3O2S.C2HF3O2/c1-32-27(31)21-6-4-5-19(15-21)17-28-16-18-9-11-20(12-10-18)24-13-14-25(33-24)26-29-22-7-2-3-8-23(22)30-26;3-2(4,5)1(6)7/h2-15,28H,16-17H2,1H3,(H,29,30);(H,6,7). The van der Waals surface area contributed by atoms with E-state index in [2.05, 4.69) is 46.7 Å². The number of imidazole rings is 1. The summed E-state index contributed by atoms with van der Waals surface area (Å²) >= 11 is 1.73. The van der Waals surface area contributed by atoms with Gasteiger partial charge in [0.25, 0.3) is 0 Å². The molecule has 11 heteroatoms. The quantitative estimate of drug-likeness (QED) is 0.190. The lowest BCUT2D eigenvalue weighted by molar-refractivity contribution is -0.192. The lowest BCUT2D eigenvalue weighted by Crippen LogP contribution is -2.21. The number of carbonyl (C=O) groups excluding carboxylic acids is 1. The van der Waals surface area contributed by atoms with Crippen molar-refractivity contribution in [2.24, 2.45) is 0 Å². The number of nitrogens with one attached hydrogen (secondary N) is 2. The maximum atomic E-state index is 11.7. The number of rotatable bonds is 7. The summed E-state index contributed by atoms with van der Waals surface area (Å²) in [7, 11) is 1.40. The number of carboxylic acids is 1. The Balaban J connectivity index is 0.000000470. The first-order chi connectivity index (χ1) is 19.1. The van der Waals surface area contributed by atoms with Gasteiger partial charge in [-0.05, 0) is 53.1 Å².